The van der Waals surface area contributed by atoms with Crippen molar-refractivity contribution in [1.82, 2.24) is 9.97 Å². The number of aromatic nitrogens is 2. The highest BCUT2D eigenvalue weighted by Gasteiger charge is 1.99. The normalized spacial score (nSPS) is 10.0. The minimum atomic E-state index is 0.739. The molecular weight excluding hydrogens is 254 g/mol. The lowest BCUT2D eigenvalue weighted by molar-refractivity contribution is 1.04. The summed E-state index contributed by atoms with van der Waals surface area (Å²) in [4.78, 5) is 8.42. The van der Waals surface area contributed by atoms with Crippen LogP contribution < -0.4 is 5.32 Å². The lowest BCUT2D eigenvalue weighted by atomic mass is 10.3. The molecule has 0 radical (unpaired) electrons. The summed E-state index contributed by atoms with van der Waals surface area (Å²) in [5.41, 5.74) is 1.02. The van der Waals surface area contributed by atoms with Crippen molar-refractivity contribution in [3.63, 3.8) is 0 Å². The summed E-state index contributed by atoms with van der Waals surface area (Å²) >= 11 is 3.34. The predicted octanol–water partition coefficient (Wildman–Crippen LogP) is 3.29. The largest absolute Gasteiger partial charge is 0.340 e. The Morgan fingerprint density at radius 3 is 2.53 bits per heavy atom. The number of para-hydroxylation sites is 1. The monoisotopic (exact) mass is 263 g/mol. The molecule has 2 rings (SSSR count). The fourth-order valence-electron chi connectivity index (χ4n) is 1.26. The molecule has 15 heavy (non-hydrogen) atoms. The fraction of sp³-hybridized carbons (Fsp3) is 0.0909. The van der Waals surface area contributed by atoms with Crippen LogP contribution in [0.5, 0.6) is 0 Å². The van der Waals surface area contributed by atoms with E-state index in [2.05, 4.69) is 31.2 Å². The second-order valence-electron chi connectivity index (χ2n) is 3.11. The molecule has 76 valence electrons. The molecule has 0 amide bonds. The van der Waals surface area contributed by atoms with E-state index < -0.39 is 0 Å². The molecular formula is C11H10BrN3. The summed E-state index contributed by atoms with van der Waals surface area (Å²) < 4.78 is 0.786. The van der Waals surface area contributed by atoms with Crippen LogP contribution in [0.4, 0.5) is 11.5 Å². The maximum absolute atomic E-state index is 4.28. The van der Waals surface area contributed by atoms with E-state index in [1.807, 2.05) is 43.3 Å². The van der Waals surface area contributed by atoms with Crippen LogP contribution in [0.3, 0.4) is 0 Å². The van der Waals surface area contributed by atoms with Gasteiger partial charge in [0.05, 0.1) is 0 Å². The maximum atomic E-state index is 4.28. The van der Waals surface area contributed by atoms with Gasteiger partial charge in [-0.2, -0.15) is 0 Å². The predicted molar refractivity (Wildman–Crippen MR) is 64.2 cm³/mol. The second-order valence-corrected chi connectivity index (χ2v) is 3.93. The third-order valence-electron chi connectivity index (χ3n) is 1.85. The Labute approximate surface area is 96.7 Å². The third kappa shape index (κ3) is 2.76. The number of aryl methyl sites for hydroxylation is 1. The first-order valence-corrected chi connectivity index (χ1v) is 5.36. The number of nitrogens with zero attached hydrogens (tertiary/aromatic N) is 2. The van der Waals surface area contributed by atoms with Crippen molar-refractivity contribution in [2.24, 2.45) is 0 Å². The number of anilines is 2. The SMILES string of the molecule is Cc1nc(Br)cc(Nc2ccccc2)n1. The van der Waals surface area contributed by atoms with Crippen LogP contribution in [-0.4, -0.2) is 9.97 Å². The van der Waals surface area contributed by atoms with Crippen LogP contribution in [0.1, 0.15) is 5.82 Å². The van der Waals surface area contributed by atoms with E-state index in [4.69, 9.17) is 0 Å². The molecule has 0 unspecified atom stereocenters. The Hall–Kier alpha value is -1.42. The average molecular weight is 264 g/mol. The number of hydrogen-bond donors (Lipinski definition) is 1. The highest BCUT2D eigenvalue weighted by Crippen LogP contribution is 2.16. The number of halogens is 1. The number of nitrogens with one attached hydrogen (secondary N) is 1. The Bertz CT molecular complexity index is 436. The van der Waals surface area contributed by atoms with E-state index in [1.54, 1.807) is 0 Å². The molecule has 0 aliphatic rings. The third-order valence-corrected chi connectivity index (χ3v) is 2.26. The highest BCUT2D eigenvalue weighted by molar-refractivity contribution is 9.10. The van der Waals surface area contributed by atoms with Crippen LogP contribution >= 0.6 is 15.9 Å². The zero-order chi connectivity index (χ0) is 10.7. The van der Waals surface area contributed by atoms with Crippen molar-refractivity contribution in [3.05, 3.63) is 46.8 Å². The van der Waals surface area contributed by atoms with Gasteiger partial charge in [-0.1, -0.05) is 18.2 Å². The van der Waals surface area contributed by atoms with E-state index >= 15 is 0 Å². The second kappa shape index (κ2) is 4.40. The van der Waals surface area contributed by atoms with Gasteiger partial charge in [0.25, 0.3) is 0 Å². The van der Waals surface area contributed by atoms with Gasteiger partial charge in [-0.3, -0.25) is 0 Å². The summed E-state index contributed by atoms with van der Waals surface area (Å²) in [5, 5.41) is 3.20. The van der Waals surface area contributed by atoms with E-state index in [0.29, 0.717) is 0 Å². The van der Waals surface area contributed by atoms with Gasteiger partial charge >= 0.3 is 0 Å². The first kappa shape index (κ1) is 10.1. The number of hydrogen-bond acceptors (Lipinski definition) is 3. The molecule has 1 N–H and O–H groups in total. The molecule has 4 heteroatoms. The molecule has 1 heterocycles. The molecule has 0 spiro atoms. The van der Waals surface area contributed by atoms with Crippen molar-refractivity contribution in [3.8, 4) is 0 Å². The Kier molecular flexibility index (Phi) is 2.97. The first-order chi connectivity index (χ1) is 7.24. The summed E-state index contributed by atoms with van der Waals surface area (Å²) in [6, 6.07) is 11.8. The zero-order valence-corrected chi connectivity index (χ0v) is 9.82. The maximum Gasteiger partial charge on any atom is 0.135 e. The highest BCUT2D eigenvalue weighted by atomic mass is 79.9. The number of benzene rings is 1. The Balaban J connectivity index is 2.25. The van der Waals surface area contributed by atoms with Gasteiger partial charge in [0, 0.05) is 11.8 Å². The van der Waals surface area contributed by atoms with E-state index in [-0.39, 0.29) is 0 Å². The van der Waals surface area contributed by atoms with Crippen molar-refractivity contribution >= 4 is 27.4 Å². The molecule has 1 aromatic carbocycles. The zero-order valence-electron chi connectivity index (χ0n) is 8.24. The van der Waals surface area contributed by atoms with E-state index in [0.717, 1.165) is 21.9 Å². The lowest BCUT2D eigenvalue weighted by Crippen LogP contribution is -1.96. The van der Waals surface area contributed by atoms with Crippen LogP contribution in [0.2, 0.25) is 0 Å². The molecule has 0 aliphatic carbocycles. The van der Waals surface area contributed by atoms with Gasteiger partial charge in [0.2, 0.25) is 0 Å². The molecule has 1 aromatic heterocycles. The summed E-state index contributed by atoms with van der Waals surface area (Å²) in [5.74, 6) is 1.53. The van der Waals surface area contributed by atoms with Crippen molar-refractivity contribution in [1.29, 1.82) is 0 Å². The van der Waals surface area contributed by atoms with Gasteiger partial charge in [0.1, 0.15) is 16.2 Å². The van der Waals surface area contributed by atoms with Crippen molar-refractivity contribution in [2.75, 3.05) is 5.32 Å². The molecule has 0 fully saturated rings. The van der Waals surface area contributed by atoms with Crippen molar-refractivity contribution in [2.45, 2.75) is 6.92 Å². The number of rotatable bonds is 2. The van der Waals surface area contributed by atoms with Crippen LogP contribution in [0.15, 0.2) is 41.0 Å². The standard InChI is InChI=1S/C11H10BrN3/c1-8-13-10(12)7-11(14-8)15-9-5-3-2-4-6-9/h2-7H,1H3,(H,13,14,15). The molecule has 0 aliphatic heterocycles. The quantitative estimate of drug-likeness (QED) is 0.846. The van der Waals surface area contributed by atoms with Gasteiger partial charge in [-0.05, 0) is 35.0 Å². The van der Waals surface area contributed by atoms with Crippen LogP contribution in [0, 0.1) is 6.92 Å². The van der Waals surface area contributed by atoms with E-state index in [1.165, 1.54) is 0 Å². The minimum Gasteiger partial charge on any atom is -0.340 e. The average Bonchev–Trinajstić information content (AvgIpc) is 2.17. The first-order valence-electron chi connectivity index (χ1n) is 4.57. The smallest absolute Gasteiger partial charge is 0.135 e. The summed E-state index contributed by atoms with van der Waals surface area (Å²) in [7, 11) is 0. The molecule has 0 bridgehead atoms. The van der Waals surface area contributed by atoms with Crippen molar-refractivity contribution < 1.29 is 0 Å². The molecule has 0 atom stereocenters. The lowest BCUT2D eigenvalue weighted by Gasteiger charge is -2.05. The van der Waals surface area contributed by atoms with E-state index in [9.17, 15) is 0 Å². The summed E-state index contributed by atoms with van der Waals surface area (Å²) in [6.45, 7) is 1.86. The summed E-state index contributed by atoms with van der Waals surface area (Å²) in [6.07, 6.45) is 0. The van der Waals surface area contributed by atoms with Gasteiger partial charge in [0.15, 0.2) is 0 Å². The fourth-order valence-corrected chi connectivity index (χ4v) is 1.74. The van der Waals surface area contributed by atoms with Gasteiger partial charge < -0.3 is 5.32 Å². The Morgan fingerprint density at radius 1 is 1.13 bits per heavy atom. The topological polar surface area (TPSA) is 37.8 Å². The van der Waals surface area contributed by atoms with Crippen LogP contribution in [0.25, 0.3) is 0 Å². The molecule has 3 nitrogen and oxygen atoms in total. The Morgan fingerprint density at radius 2 is 1.87 bits per heavy atom. The minimum absolute atomic E-state index is 0.739. The van der Waals surface area contributed by atoms with Gasteiger partial charge in [-0.25, -0.2) is 9.97 Å². The van der Waals surface area contributed by atoms with Gasteiger partial charge in [-0.15, -0.1) is 0 Å². The molecule has 0 saturated carbocycles. The molecule has 0 saturated heterocycles. The van der Waals surface area contributed by atoms with Crippen LogP contribution in [-0.2, 0) is 0 Å². The molecule has 2 aromatic rings.